The Balaban J connectivity index is 1.29. The number of rotatable bonds is 8. The van der Waals surface area contributed by atoms with E-state index in [9.17, 15) is 14.4 Å². The molecule has 0 fully saturated rings. The molecule has 1 unspecified atom stereocenters. The van der Waals surface area contributed by atoms with Crippen LogP contribution in [0.5, 0.6) is 5.75 Å². The highest BCUT2D eigenvalue weighted by atomic mass is 32.1. The number of nitrogens with zero attached hydrogens (tertiary/aromatic N) is 3. The van der Waals surface area contributed by atoms with Crippen molar-refractivity contribution in [2.75, 3.05) is 18.5 Å². The van der Waals surface area contributed by atoms with Crippen LogP contribution in [0.4, 0.5) is 5.13 Å². The number of thiazole rings is 1. The first-order valence-electron chi connectivity index (χ1n) is 11.4. The number of para-hydroxylation sites is 2. The first-order chi connectivity index (χ1) is 17.9. The molecule has 0 aliphatic heterocycles. The van der Waals surface area contributed by atoms with Gasteiger partial charge < -0.3 is 14.8 Å². The molecule has 2 aromatic carbocycles. The second kappa shape index (κ2) is 10.5. The highest BCUT2D eigenvalue weighted by Gasteiger charge is 2.24. The fourth-order valence-electron chi connectivity index (χ4n) is 3.75. The van der Waals surface area contributed by atoms with E-state index in [4.69, 9.17) is 9.47 Å². The Bertz CT molecular complexity index is 1630. The zero-order chi connectivity index (χ0) is 25.9. The van der Waals surface area contributed by atoms with Crippen molar-refractivity contribution in [3.8, 4) is 5.75 Å². The number of anilines is 1. The van der Waals surface area contributed by atoms with Crippen LogP contribution in [0.15, 0.2) is 65.7 Å². The third-order valence-corrected chi connectivity index (χ3v) is 7.84. The number of fused-ring (bicyclic) bond motifs is 2. The number of esters is 1. The van der Waals surface area contributed by atoms with Gasteiger partial charge in [0.2, 0.25) is 5.91 Å². The maximum atomic E-state index is 13.3. The van der Waals surface area contributed by atoms with E-state index in [-0.39, 0.29) is 13.2 Å². The lowest BCUT2D eigenvalue weighted by Crippen LogP contribution is -2.31. The van der Waals surface area contributed by atoms with Gasteiger partial charge in [-0.05, 0) is 43.7 Å². The van der Waals surface area contributed by atoms with Gasteiger partial charge in [0, 0.05) is 0 Å². The molecule has 9 nitrogen and oxygen atoms in total. The largest absolute Gasteiger partial charge is 0.490 e. The van der Waals surface area contributed by atoms with Crippen molar-refractivity contribution < 1.29 is 19.1 Å². The van der Waals surface area contributed by atoms with Gasteiger partial charge in [-0.3, -0.25) is 14.2 Å². The van der Waals surface area contributed by atoms with Crippen molar-refractivity contribution in [2.45, 2.75) is 19.9 Å². The monoisotopic (exact) mass is 534 g/mol. The number of aryl methyl sites for hydroxylation is 1. The van der Waals surface area contributed by atoms with Crippen molar-refractivity contribution in [1.82, 2.24) is 14.5 Å². The highest BCUT2D eigenvalue weighted by molar-refractivity contribution is 7.22. The van der Waals surface area contributed by atoms with Crippen molar-refractivity contribution in [3.63, 3.8) is 0 Å². The molecule has 0 aliphatic rings. The van der Waals surface area contributed by atoms with Gasteiger partial charge in [0.1, 0.15) is 34.7 Å². The summed E-state index contributed by atoms with van der Waals surface area (Å²) < 4.78 is 13.1. The van der Waals surface area contributed by atoms with Crippen LogP contribution < -0.4 is 15.6 Å². The number of carbonyl (C=O) groups is 2. The van der Waals surface area contributed by atoms with Gasteiger partial charge in [0.15, 0.2) is 5.13 Å². The van der Waals surface area contributed by atoms with E-state index in [0.717, 1.165) is 21.6 Å². The standard InChI is InChI=1S/C26H22N4O5S2/c1-15-20-23(37-21(15)25(33)35-13-12-34-17-8-4-3-5-9-17)27-14-30(24(20)32)16(2)22(31)29-26-28-18-10-6-7-11-19(18)36-26/h3-11,14,16H,12-13H2,1-2H3,(H,28,29,31). The Morgan fingerprint density at radius 3 is 2.59 bits per heavy atom. The number of thiophene rings is 1. The molecule has 37 heavy (non-hydrogen) atoms. The molecular weight excluding hydrogens is 512 g/mol. The molecule has 0 aliphatic carbocycles. The summed E-state index contributed by atoms with van der Waals surface area (Å²) in [7, 11) is 0. The average molecular weight is 535 g/mol. The molecule has 0 radical (unpaired) electrons. The summed E-state index contributed by atoms with van der Waals surface area (Å²) in [6, 6.07) is 15.9. The molecule has 0 bridgehead atoms. The number of amides is 1. The van der Waals surface area contributed by atoms with Gasteiger partial charge in [0.25, 0.3) is 5.56 Å². The molecule has 1 N–H and O–H groups in total. The van der Waals surface area contributed by atoms with E-state index in [1.54, 1.807) is 13.8 Å². The Kier molecular flexibility index (Phi) is 6.97. The first-order valence-corrected chi connectivity index (χ1v) is 13.1. The zero-order valence-corrected chi connectivity index (χ0v) is 21.6. The van der Waals surface area contributed by atoms with Crippen LogP contribution >= 0.6 is 22.7 Å². The van der Waals surface area contributed by atoms with Gasteiger partial charge in [0.05, 0.1) is 21.9 Å². The van der Waals surface area contributed by atoms with Gasteiger partial charge >= 0.3 is 5.97 Å². The van der Waals surface area contributed by atoms with E-state index in [1.165, 1.54) is 22.2 Å². The van der Waals surface area contributed by atoms with Crippen LogP contribution in [0, 0.1) is 6.92 Å². The molecule has 1 atom stereocenters. The zero-order valence-electron chi connectivity index (χ0n) is 20.0. The van der Waals surface area contributed by atoms with Crippen molar-refractivity contribution in [1.29, 1.82) is 0 Å². The third kappa shape index (κ3) is 5.09. The summed E-state index contributed by atoms with van der Waals surface area (Å²) in [5.41, 5.74) is 0.854. The van der Waals surface area contributed by atoms with E-state index >= 15 is 0 Å². The Morgan fingerprint density at radius 2 is 1.81 bits per heavy atom. The molecule has 188 valence electrons. The predicted octanol–water partition coefficient (Wildman–Crippen LogP) is 4.81. The maximum absolute atomic E-state index is 13.3. The van der Waals surface area contributed by atoms with Crippen LogP contribution in [0.1, 0.15) is 28.2 Å². The van der Waals surface area contributed by atoms with E-state index in [2.05, 4.69) is 15.3 Å². The SMILES string of the molecule is Cc1c(C(=O)OCCOc2ccccc2)sc2ncn(C(C)C(=O)Nc3nc4ccccc4s3)c(=O)c12. The molecular formula is C26H22N4O5S2. The summed E-state index contributed by atoms with van der Waals surface area (Å²) in [5, 5.41) is 3.52. The molecule has 5 aromatic rings. The number of carbonyl (C=O) groups excluding carboxylic acids is 2. The predicted molar refractivity (Wildman–Crippen MR) is 144 cm³/mol. The van der Waals surface area contributed by atoms with Gasteiger partial charge in [-0.15, -0.1) is 11.3 Å². The van der Waals surface area contributed by atoms with Crippen LogP contribution in [-0.4, -0.2) is 39.6 Å². The first kappa shape index (κ1) is 24.6. The minimum absolute atomic E-state index is 0.0576. The molecule has 3 heterocycles. The summed E-state index contributed by atoms with van der Waals surface area (Å²) in [6.07, 6.45) is 1.33. The molecule has 0 saturated heterocycles. The fourth-order valence-corrected chi connectivity index (χ4v) is 5.65. The molecule has 3 aromatic heterocycles. The van der Waals surface area contributed by atoms with Crippen molar-refractivity contribution in [2.24, 2.45) is 0 Å². The van der Waals surface area contributed by atoms with E-state index in [0.29, 0.717) is 31.5 Å². The van der Waals surface area contributed by atoms with Gasteiger partial charge in [-0.2, -0.15) is 0 Å². The lowest BCUT2D eigenvalue weighted by molar-refractivity contribution is -0.118. The van der Waals surface area contributed by atoms with Crippen LogP contribution in [0.25, 0.3) is 20.4 Å². The van der Waals surface area contributed by atoms with Crippen LogP contribution in [-0.2, 0) is 9.53 Å². The normalized spacial score (nSPS) is 11.9. The topological polar surface area (TPSA) is 112 Å². The summed E-state index contributed by atoms with van der Waals surface area (Å²) in [6.45, 7) is 3.55. The number of ether oxygens (including phenoxy) is 2. The lowest BCUT2D eigenvalue weighted by atomic mass is 10.2. The molecule has 0 saturated carbocycles. The van der Waals surface area contributed by atoms with Crippen LogP contribution in [0.3, 0.4) is 0 Å². The average Bonchev–Trinajstić information content (AvgIpc) is 3.47. The minimum atomic E-state index is -0.846. The molecule has 11 heteroatoms. The second-order valence-corrected chi connectivity index (χ2v) is 10.2. The smallest absolute Gasteiger partial charge is 0.348 e. The van der Waals surface area contributed by atoms with E-state index < -0.39 is 23.5 Å². The Labute approximate surface area is 219 Å². The lowest BCUT2D eigenvalue weighted by Gasteiger charge is -2.13. The summed E-state index contributed by atoms with van der Waals surface area (Å²) in [5.74, 6) is -0.263. The number of benzene rings is 2. The van der Waals surface area contributed by atoms with Gasteiger partial charge in [-0.25, -0.2) is 14.8 Å². The van der Waals surface area contributed by atoms with Crippen molar-refractivity contribution in [3.05, 3.63) is 81.7 Å². The highest BCUT2D eigenvalue weighted by Crippen LogP contribution is 2.29. The Morgan fingerprint density at radius 1 is 1.05 bits per heavy atom. The van der Waals surface area contributed by atoms with Crippen molar-refractivity contribution >= 4 is 60.1 Å². The second-order valence-electron chi connectivity index (χ2n) is 8.14. The minimum Gasteiger partial charge on any atom is -0.490 e. The number of nitrogens with one attached hydrogen (secondary N) is 1. The maximum Gasteiger partial charge on any atom is 0.348 e. The van der Waals surface area contributed by atoms with Gasteiger partial charge in [-0.1, -0.05) is 41.7 Å². The summed E-state index contributed by atoms with van der Waals surface area (Å²) in [4.78, 5) is 48.4. The molecule has 5 rings (SSSR count). The molecule has 0 spiro atoms. The number of aromatic nitrogens is 3. The third-order valence-electron chi connectivity index (χ3n) is 5.71. The van der Waals surface area contributed by atoms with E-state index in [1.807, 2.05) is 54.6 Å². The molecule has 1 amide bonds. The number of hydrogen-bond acceptors (Lipinski definition) is 9. The number of hydrogen-bond donors (Lipinski definition) is 1. The quantitative estimate of drug-likeness (QED) is 0.225. The summed E-state index contributed by atoms with van der Waals surface area (Å²) >= 11 is 2.44. The Hall–Kier alpha value is -4.09. The van der Waals surface area contributed by atoms with Crippen LogP contribution in [0.2, 0.25) is 0 Å². The fraction of sp³-hybridized carbons (Fsp3) is 0.192.